The average molecular weight is 519 g/mol. The van der Waals surface area contributed by atoms with Crippen LogP contribution < -0.4 is 9.80 Å². The first kappa shape index (κ1) is 26.2. The molecule has 0 spiro atoms. The van der Waals surface area contributed by atoms with E-state index in [0.717, 1.165) is 49.2 Å². The molecular weight excluding hydrogens is 480 g/mol. The topological polar surface area (TPSA) is 73.4 Å². The van der Waals surface area contributed by atoms with Gasteiger partial charge in [-0.1, -0.05) is 18.2 Å². The van der Waals surface area contributed by atoms with Crippen molar-refractivity contribution in [3.05, 3.63) is 48.0 Å². The lowest BCUT2D eigenvalue weighted by Crippen LogP contribution is -2.52. The molecule has 202 valence electrons. The van der Waals surface area contributed by atoms with Crippen molar-refractivity contribution in [3.63, 3.8) is 0 Å². The van der Waals surface area contributed by atoms with Crippen LogP contribution in [0.1, 0.15) is 50.4 Å². The van der Waals surface area contributed by atoms with Gasteiger partial charge >= 0.3 is 6.09 Å². The quantitative estimate of drug-likeness (QED) is 0.577. The highest BCUT2D eigenvalue weighted by Crippen LogP contribution is 2.42. The minimum Gasteiger partial charge on any atom is -0.446 e. The van der Waals surface area contributed by atoms with Gasteiger partial charge in [0.25, 0.3) is 5.91 Å². The van der Waals surface area contributed by atoms with Gasteiger partial charge in [-0.3, -0.25) is 14.5 Å². The lowest BCUT2D eigenvalue weighted by molar-refractivity contribution is -0.120. The molecule has 1 saturated carbocycles. The molecule has 38 heavy (non-hydrogen) atoms. The number of hydrogen-bond donors (Lipinski definition) is 0. The van der Waals surface area contributed by atoms with Crippen molar-refractivity contribution >= 4 is 29.3 Å². The van der Waals surface area contributed by atoms with Gasteiger partial charge in [-0.25, -0.2) is 4.79 Å². The maximum absolute atomic E-state index is 13.2. The van der Waals surface area contributed by atoms with Crippen LogP contribution in [-0.2, 0) is 9.53 Å². The molecule has 3 aliphatic rings. The molecule has 2 aromatic carbocycles. The molecule has 3 amide bonds. The van der Waals surface area contributed by atoms with Gasteiger partial charge in [-0.05, 0) is 89.5 Å². The number of amides is 3. The number of rotatable bonds is 5. The fraction of sp³-hybridized carbons (Fsp3) is 0.500. The monoisotopic (exact) mass is 518 g/mol. The summed E-state index contributed by atoms with van der Waals surface area (Å²) in [4.78, 5) is 46.9. The van der Waals surface area contributed by atoms with Crippen LogP contribution in [-0.4, -0.2) is 79.6 Å². The summed E-state index contributed by atoms with van der Waals surface area (Å²) in [6.45, 7) is 7.52. The van der Waals surface area contributed by atoms with E-state index in [4.69, 9.17) is 4.74 Å². The van der Waals surface area contributed by atoms with Crippen molar-refractivity contribution in [1.29, 1.82) is 0 Å². The van der Waals surface area contributed by atoms with Gasteiger partial charge in [0.1, 0.15) is 0 Å². The summed E-state index contributed by atoms with van der Waals surface area (Å²) in [5, 5.41) is 0. The SMILES string of the molecule is CC(C)OC(=O)N1CC(C)N(C(=O)C2CC2)c2ccc(-c3ccc(C(=O)N4CCC(N(C)C)C4)cc3)cc21. The molecule has 2 unspecified atom stereocenters. The van der Waals surface area contributed by atoms with Crippen molar-refractivity contribution < 1.29 is 19.1 Å². The maximum Gasteiger partial charge on any atom is 0.414 e. The molecule has 1 aliphatic carbocycles. The number of anilines is 2. The number of likely N-dealkylation sites (tertiary alicyclic amines) is 1. The van der Waals surface area contributed by atoms with E-state index in [-0.39, 0.29) is 29.9 Å². The number of likely N-dealkylation sites (N-methyl/N-ethyl adjacent to an activating group) is 1. The Balaban J connectivity index is 1.43. The molecule has 2 atom stereocenters. The summed E-state index contributed by atoms with van der Waals surface area (Å²) in [5.74, 6) is 0.259. The van der Waals surface area contributed by atoms with Gasteiger partial charge in [-0.2, -0.15) is 0 Å². The zero-order valence-electron chi connectivity index (χ0n) is 23.0. The van der Waals surface area contributed by atoms with Crippen LogP contribution in [0.25, 0.3) is 11.1 Å². The summed E-state index contributed by atoms with van der Waals surface area (Å²) in [7, 11) is 4.11. The first-order valence-corrected chi connectivity index (χ1v) is 13.7. The van der Waals surface area contributed by atoms with E-state index < -0.39 is 6.09 Å². The Bertz CT molecular complexity index is 1220. The molecule has 2 aromatic rings. The fourth-order valence-electron chi connectivity index (χ4n) is 5.44. The maximum atomic E-state index is 13.2. The van der Waals surface area contributed by atoms with Crippen LogP contribution in [0.15, 0.2) is 42.5 Å². The van der Waals surface area contributed by atoms with Gasteiger partial charge in [0.05, 0.1) is 23.5 Å². The highest BCUT2D eigenvalue weighted by atomic mass is 16.6. The normalized spacial score (nSPS) is 21.2. The van der Waals surface area contributed by atoms with Gasteiger partial charge in [0.2, 0.25) is 5.91 Å². The number of nitrogens with zero attached hydrogens (tertiary/aromatic N) is 4. The summed E-state index contributed by atoms with van der Waals surface area (Å²) in [6.07, 6.45) is 2.18. The van der Waals surface area contributed by atoms with Crippen LogP contribution >= 0.6 is 0 Å². The summed E-state index contributed by atoms with van der Waals surface area (Å²) in [6, 6.07) is 13.8. The van der Waals surface area contributed by atoms with Crippen molar-refractivity contribution in [3.8, 4) is 11.1 Å². The van der Waals surface area contributed by atoms with Crippen molar-refractivity contribution in [2.75, 3.05) is 43.5 Å². The number of benzene rings is 2. The zero-order valence-corrected chi connectivity index (χ0v) is 23.0. The van der Waals surface area contributed by atoms with Gasteiger partial charge in [0.15, 0.2) is 0 Å². The summed E-state index contributed by atoms with van der Waals surface area (Å²) in [5.41, 5.74) is 3.93. The molecule has 1 saturated heterocycles. The second-order valence-corrected chi connectivity index (χ2v) is 11.3. The van der Waals surface area contributed by atoms with Crippen molar-refractivity contribution in [2.45, 2.75) is 58.2 Å². The third-order valence-electron chi connectivity index (χ3n) is 7.78. The number of carbonyl (C=O) groups excluding carboxylic acids is 3. The van der Waals surface area contributed by atoms with E-state index in [1.54, 1.807) is 4.90 Å². The second-order valence-electron chi connectivity index (χ2n) is 11.3. The minimum absolute atomic E-state index is 0.0529. The van der Waals surface area contributed by atoms with E-state index in [1.165, 1.54) is 0 Å². The Kier molecular flexibility index (Phi) is 7.18. The number of carbonyl (C=O) groups is 3. The van der Waals surface area contributed by atoms with Crippen LogP contribution in [0, 0.1) is 5.92 Å². The Hall–Kier alpha value is -3.39. The van der Waals surface area contributed by atoms with E-state index in [1.807, 2.05) is 73.0 Å². The average Bonchev–Trinajstić information content (AvgIpc) is 3.62. The Morgan fingerprint density at radius 2 is 1.61 bits per heavy atom. The van der Waals surface area contributed by atoms with Crippen molar-refractivity contribution in [2.24, 2.45) is 5.92 Å². The molecule has 5 rings (SSSR count). The standard InChI is InChI=1S/C30H38N4O4/c1-19(2)38-30(37)33-17-20(3)34(29(36)23-10-11-23)26-13-12-24(16-27(26)33)21-6-8-22(9-7-21)28(35)32-15-14-25(18-32)31(4)5/h6-9,12-13,16,19-20,23,25H,10-11,14-15,17-18H2,1-5H3. The summed E-state index contributed by atoms with van der Waals surface area (Å²) >= 11 is 0. The Labute approximate surface area is 225 Å². The number of hydrogen-bond acceptors (Lipinski definition) is 5. The highest BCUT2D eigenvalue weighted by molar-refractivity contribution is 6.05. The van der Waals surface area contributed by atoms with Gasteiger partial charge in [-0.15, -0.1) is 0 Å². The van der Waals surface area contributed by atoms with E-state index in [9.17, 15) is 14.4 Å². The van der Waals surface area contributed by atoms with Crippen LogP contribution in [0.4, 0.5) is 16.2 Å². The molecule has 2 aliphatic heterocycles. The third-order valence-corrected chi connectivity index (χ3v) is 7.78. The highest BCUT2D eigenvalue weighted by Gasteiger charge is 2.41. The number of fused-ring (bicyclic) bond motifs is 1. The molecule has 0 aromatic heterocycles. The van der Waals surface area contributed by atoms with Crippen LogP contribution in [0.5, 0.6) is 0 Å². The van der Waals surface area contributed by atoms with Crippen molar-refractivity contribution in [1.82, 2.24) is 9.80 Å². The van der Waals surface area contributed by atoms with Crippen LogP contribution in [0.2, 0.25) is 0 Å². The summed E-state index contributed by atoms with van der Waals surface area (Å²) < 4.78 is 5.55. The van der Waals surface area contributed by atoms with Crippen LogP contribution in [0.3, 0.4) is 0 Å². The second kappa shape index (κ2) is 10.4. The number of ether oxygens (including phenoxy) is 1. The smallest absolute Gasteiger partial charge is 0.414 e. The fourth-order valence-corrected chi connectivity index (χ4v) is 5.44. The van der Waals surface area contributed by atoms with Gasteiger partial charge < -0.3 is 19.4 Å². The zero-order chi connectivity index (χ0) is 27.1. The lowest BCUT2D eigenvalue weighted by atomic mass is 9.99. The lowest BCUT2D eigenvalue weighted by Gasteiger charge is -2.41. The Morgan fingerprint density at radius 1 is 0.921 bits per heavy atom. The third kappa shape index (κ3) is 5.14. The molecule has 0 bridgehead atoms. The molecule has 2 heterocycles. The van der Waals surface area contributed by atoms with E-state index >= 15 is 0 Å². The van der Waals surface area contributed by atoms with E-state index in [0.29, 0.717) is 23.8 Å². The predicted octanol–water partition coefficient (Wildman–Crippen LogP) is 4.63. The molecule has 2 fully saturated rings. The minimum atomic E-state index is -0.411. The van der Waals surface area contributed by atoms with E-state index in [2.05, 4.69) is 19.0 Å². The largest absolute Gasteiger partial charge is 0.446 e. The first-order valence-electron chi connectivity index (χ1n) is 13.7. The molecule has 0 radical (unpaired) electrons. The molecule has 8 heteroatoms. The molecule has 0 N–H and O–H groups in total. The van der Waals surface area contributed by atoms with Gasteiger partial charge in [0, 0.05) is 37.2 Å². The molecule has 8 nitrogen and oxygen atoms in total. The molecular formula is C30H38N4O4. The first-order chi connectivity index (χ1) is 18.1. The Morgan fingerprint density at radius 3 is 2.21 bits per heavy atom. The predicted molar refractivity (Wildman–Crippen MR) is 149 cm³/mol.